The zero-order chi connectivity index (χ0) is 14.1. The summed E-state index contributed by atoms with van der Waals surface area (Å²) in [6, 6.07) is 0.300. The van der Waals surface area contributed by atoms with E-state index >= 15 is 0 Å². The van der Waals surface area contributed by atoms with Crippen molar-refractivity contribution in [3.63, 3.8) is 0 Å². The molecule has 1 amide bonds. The molecule has 110 valence electrons. The fourth-order valence-corrected chi connectivity index (χ4v) is 3.81. The highest BCUT2D eigenvalue weighted by Gasteiger charge is 2.33. The average molecular weight is 295 g/mol. The van der Waals surface area contributed by atoms with Crippen molar-refractivity contribution in [3.05, 3.63) is 16.1 Å². The van der Waals surface area contributed by atoms with E-state index in [0.29, 0.717) is 11.7 Å². The van der Waals surface area contributed by atoms with Gasteiger partial charge in [-0.2, -0.15) is 0 Å². The van der Waals surface area contributed by atoms with Crippen LogP contribution in [-0.2, 0) is 0 Å². The lowest BCUT2D eigenvalue weighted by Gasteiger charge is -2.38. The van der Waals surface area contributed by atoms with Gasteiger partial charge in [0.15, 0.2) is 0 Å². The van der Waals surface area contributed by atoms with E-state index in [9.17, 15) is 9.90 Å². The van der Waals surface area contributed by atoms with E-state index in [0.717, 1.165) is 50.4 Å². The van der Waals surface area contributed by atoms with E-state index < -0.39 is 0 Å². The Labute approximate surface area is 123 Å². The van der Waals surface area contributed by atoms with Gasteiger partial charge in [-0.1, -0.05) is 0 Å². The molecule has 2 heterocycles. The minimum absolute atomic E-state index is 0.0426. The van der Waals surface area contributed by atoms with Crippen LogP contribution in [0, 0.1) is 6.92 Å². The first-order valence-electron chi connectivity index (χ1n) is 7.28. The first-order valence-corrected chi connectivity index (χ1v) is 8.16. The van der Waals surface area contributed by atoms with Gasteiger partial charge >= 0.3 is 0 Å². The Balaban J connectivity index is 1.57. The van der Waals surface area contributed by atoms with Crippen molar-refractivity contribution in [2.75, 3.05) is 26.2 Å². The molecular formula is C14H21N3O2S. The molecule has 2 aliphatic rings. The topological polar surface area (TPSA) is 56.7 Å². The monoisotopic (exact) mass is 295 g/mol. The highest BCUT2D eigenvalue weighted by atomic mass is 32.1. The quantitative estimate of drug-likeness (QED) is 0.888. The van der Waals surface area contributed by atoms with Crippen LogP contribution < -0.4 is 0 Å². The third-order valence-corrected chi connectivity index (χ3v) is 5.13. The van der Waals surface area contributed by atoms with Crippen molar-refractivity contribution >= 4 is 17.2 Å². The zero-order valence-electron chi connectivity index (χ0n) is 11.8. The van der Waals surface area contributed by atoms with Gasteiger partial charge in [-0.3, -0.25) is 9.69 Å². The highest BCUT2D eigenvalue weighted by molar-refractivity contribution is 7.09. The van der Waals surface area contributed by atoms with Gasteiger partial charge in [0.1, 0.15) is 5.69 Å². The summed E-state index contributed by atoms with van der Waals surface area (Å²) in [6.45, 7) is 5.10. The van der Waals surface area contributed by atoms with Gasteiger partial charge in [-0.15, -0.1) is 11.3 Å². The van der Waals surface area contributed by atoms with E-state index in [1.165, 1.54) is 11.3 Å². The van der Waals surface area contributed by atoms with Crippen molar-refractivity contribution < 1.29 is 9.90 Å². The van der Waals surface area contributed by atoms with Crippen LogP contribution in [0.2, 0.25) is 0 Å². The van der Waals surface area contributed by atoms with Crippen LogP contribution in [-0.4, -0.2) is 64.1 Å². The summed E-state index contributed by atoms with van der Waals surface area (Å²) in [5, 5.41) is 12.7. The fraction of sp³-hybridized carbons (Fsp3) is 0.714. The van der Waals surface area contributed by atoms with Crippen molar-refractivity contribution in [1.29, 1.82) is 0 Å². The van der Waals surface area contributed by atoms with Crippen LogP contribution in [0.25, 0.3) is 0 Å². The molecule has 1 aromatic rings. The zero-order valence-corrected chi connectivity index (χ0v) is 12.6. The molecule has 1 aliphatic carbocycles. The van der Waals surface area contributed by atoms with E-state index in [1.807, 2.05) is 17.2 Å². The number of aryl methyl sites for hydroxylation is 1. The minimum atomic E-state index is -0.182. The molecule has 1 aromatic heterocycles. The Morgan fingerprint density at radius 1 is 1.35 bits per heavy atom. The van der Waals surface area contributed by atoms with E-state index in [4.69, 9.17) is 0 Å². The number of piperazine rings is 1. The number of thiazole rings is 1. The molecule has 0 aromatic carbocycles. The summed E-state index contributed by atoms with van der Waals surface area (Å²) in [4.78, 5) is 20.8. The molecule has 1 saturated heterocycles. The molecule has 2 atom stereocenters. The number of nitrogens with zero attached hydrogens (tertiary/aromatic N) is 3. The molecule has 1 aliphatic heterocycles. The molecule has 6 heteroatoms. The van der Waals surface area contributed by atoms with Gasteiger partial charge in [-0.05, 0) is 26.2 Å². The summed E-state index contributed by atoms with van der Waals surface area (Å²) in [7, 11) is 0. The van der Waals surface area contributed by atoms with Crippen LogP contribution in [0.1, 0.15) is 34.8 Å². The second kappa shape index (κ2) is 5.79. The number of aliphatic hydroxyl groups excluding tert-OH is 1. The molecule has 0 spiro atoms. The maximum absolute atomic E-state index is 12.3. The molecule has 3 rings (SSSR count). The smallest absolute Gasteiger partial charge is 0.273 e. The largest absolute Gasteiger partial charge is 0.391 e. The summed E-state index contributed by atoms with van der Waals surface area (Å²) in [6.07, 6.45) is 2.93. The number of rotatable bonds is 2. The standard InChI is InChI=1S/C14H21N3O2S/c1-10-15-11(9-20-10)14(19)17-7-5-16(6-8-17)12-3-2-4-13(12)18/h9,12-13,18H,2-8H2,1H3/t12-,13-/m0/s1. The average Bonchev–Trinajstić information content (AvgIpc) is 3.07. The predicted octanol–water partition coefficient (Wildman–Crippen LogP) is 1.12. The Bertz CT molecular complexity index is 483. The number of carbonyl (C=O) groups is 1. The number of aromatic nitrogens is 1. The second-order valence-corrected chi connectivity index (χ2v) is 6.71. The van der Waals surface area contributed by atoms with E-state index in [-0.39, 0.29) is 12.0 Å². The van der Waals surface area contributed by atoms with Crippen molar-refractivity contribution in [2.24, 2.45) is 0 Å². The maximum atomic E-state index is 12.3. The Kier molecular flexibility index (Phi) is 4.05. The van der Waals surface area contributed by atoms with E-state index in [2.05, 4.69) is 9.88 Å². The number of aliphatic hydroxyl groups is 1. The number of hydrogen-bond acceptors (Lipinski definition) is 5. The third kappa shape index (κ3) is 2.73. The van der Waals surface area contributed by atoms with Gasteiger partial charge < -0.3 is 10.0 Å². The van der Waals surface area contributed by atoms with Crippen LogP contribution in [0.4, 0.5) is 0 Å². The van der Waals surface area contributed by atoms with E-state index in [1.54, 1.807) is 0 Å². The van der Waals surface area contributed by atoms with Crippen LogP contribution in [0.3, 0.4) is 0 Å². The minimum Gasteiger partial charge on any atom is -0.391 e. The lowest BCUT2D eigenvalue weighted by Crippen LogP contribution is -2.53. The van der Waals surface area contributed by atoms with Crippen LogP contribution in [0.15, 0.2) is 5.38 Å². The molecule has 20 heavy (non-hydrogen) atoms. The molecule has 5 nitrogen and oxygen atoms in total. The molecule has 0 radical (unpaired) electrons. The highest BCUT2D eigenvalue weighted by Crippen LogP contribution is 2.25. The van der Waals surface area contributed by atoms with Gasteiger partial charge in [-0.25, -0.2) is 4.98 Å². The van der Waals surface area contributed by atoms with Gasteiger partial charge in [0.2, 0.25) is 0 Å². The van der Waals surface area contributed by atoms with Gasteiger partial charge in [0.25, 0.3) is 5.91 Å². The lowest BCUT2D eigenvalue weighted by atomic mass is 10.1. The Morgan fingerprint density at radius 2 is 2.10 bits per heavy atom. The van der Waals surface area contributed by atoms with Crippen LogP contribution >= 0.6 is 11.3 Å². The molecule has 2 fully saturated rings. The molecule has 1 saturated carbocycles. The summed E-state index contributed by atoms with van der Waals surface area (Å²) < 4.78 is 0. The third-order valence-electron chi connectivity index (χ3n) is 4.35. The first kappa shape index (κ1) is 14.0. The summed E-state index contributed by atoms with van der Waals surface area (Å²) in [5.74, 6) is 0.0426. The Hall–Kier alpha value is -0.980. The fourth-order valence-electron chi connectivity index (χ4n) is 3.23. The summed E-state index contributed by atoms with van der Waals surface area (Å²) in [5.41, 5.74) is 0.571. The van der Waals surface area contributed by atoms with Crippen molar-refractivity contribution in [3.8, 4) is 0 Å². The Morgan fingerprint density at radius 3 is 2.65 bits per heavy atom. The maximum Gasteiger partial charge on any atom is 0.273 e. The SMILES string of the molecule is Cc1nc(C(=O)N2CCN([C@H]3CCC[C@@H]3O)CC2)cs1. The van der Waals surface area contributed by atoms with Crippen LogP contribution in [0.5, 0.6) is 0 Å². The molecular weight excluding hydrogens is 274 g/mol. The normalized spacial score (nSPS) is 28.0. The van der Waals surface area contributed by atoms with Crippen molar-refractivity contribution in [2.45, 2.75) is 38.3 Å². The number of carbonyl (C=O) groups excluding carboxylic acids is 1. The summed E-state index contributed by atoms with van der Waals surface area (Å²) >= 11 is 1.52. The predicted molar refractivity (Wildman–Crippen MR) is 78.0 cm³/mol. The van der Waals surface area contributed by atoms with Gasteiger partial charge in [0.05, 0.1) is 11.1 Å². The number of amides is 1. The molecule has 0 unspecified atom stereocenters. The first-order chi connectivity index (χ1) is 9.65. The molecule has 0 bridgehead atoms. The molecule has 1 N–H and O–H groups in total. The number of hydrogen-bond donors (Lipinski definition) is 1. The van der Waals surface area contributed by atoms with Crippen molar-refractivity contribution in [1.82, 2.24) is 14.8 Å². The lowest BCUT2D eigenvalue weighted by molar-refractivity contribution is 0.0313. The second-order valence-electron chi connectivity index (χ2n) is 5.65. The van der Waals surface area contributed by atoms with Gasteiger partial charge in [0, 0.05) is 37.6 Å².